The molecule has 4 nitrogen and oxygen atoms in total. The predicted octanol–water partition coefficient (Wildman–Crippen LogP) is 1.87. The van der Waals surface area contributed by atoms with E-state index in [0.717, 1.165) is 25.7 Å². The van der Waals surface area contributed by atoms with Gasteiger partial charge in [0.15, 0.2) is 0 Å². The van der Waals surface area contributed by atoms with Crippen LogP contribution in [0.3, 0.4) is 0 Å². The van der Waals surface area contributed by atoms with E-state index in [-0.39, 0.29) is 35.5 Å². The minimum absolute atomic E-state index is 0.0579. The van der Waals surface area contributed by atoms with Crippen molar-refractivity contribution < 1.29 is 9.59 Å². The number of allylic oxidation sites excluding steroid dienone is 2. The molecule has 2 N–H and O–H groups in total. The molecule has 0 aromatic carbocycles. The summed E-state index contributed by atoms with van der Waals surface area (Å²) in [5.41, 5.74) is 0. The molecule has 0 spiro atoms. The number of fused-ring (bicyclic) bond motifs is 2. The smallest absolute Gasteiger partial charge is 0.224 e. The fourth-order valence-electron chi connectivity index (χ4n) is 3.44. The molecule has 0 aromatic heterocycles. The molecule has 4 heteroatoms. The summed E-state index contributed by atoms with van der Waals surface area (Å²) in [7, 11) is 0. The molecule has 0 aromatic rings. The maximum Gasteiger partial charge on any atom is 0.224 e. The van der Waals surface area contributed by atoms with Crippen molar-refractivity contribution in [1.82, 2.24) is 10.6 Å². The van der Waals surface area contributed by atoms with Gasteiger partial charge in [0.05, 0.1) is 11.8 Å². The molecule has 0 aliphatic heterocycles. The van der Waals surface area contributed by atoms with Crippen LogP contribution >= 0.6 is 0 Å². The van der Waals surface area contributed by atoms with Gasteiger partial charge in [-0.25, -0.2) is 0 Å². The average Bonchev–Trinajstić information content (AvgIpc) is 2.50. The summed E-state index contributed by atoms with van der Waals surface area (Å²) < 4.78 is 0. The number of carbonyl (C=O) groups is 2. The highest BCUT2D eigenvalue weighted by Crippen LogP contribution is 2.45. The zero-order valence-corrected chi connectivity index (χ0v) is 12.5. The van der Waals surface area contributed by atoms with Crippen LogP contribution in [-0.4, -0.2) is 24.9 Å². The van der Waals surface area contributed by atoms with Crippen molar-refractivity contribution in [2.45, 2.75) is 39.5 Å². The molecule has 20 heavy (non-hydrogen) atoms. The SMILES string of the molecule is CCCNC(=O)[C@@H]1[C@H](C(=O)NCCC)[C@@H]2C=C[C@H]1CC2. The van der Waals surface area contributed by atoms with Gasteiger partial charge in [-0.05, 0) is 37.5 Å². The molecule has 0 radical (unpaired) electrons. The van der Waals surface area contributed by atoms with E-state index >= 15 is 0 Å². The molecule has 0 heterocycles. The van der Waals surface area contributed by atoms with E-state index in [9.17, 15) is 9.59 Å². The van der Waals surface area contributed by atoms with Crippen molar-refractivity contribution >= 4 is 11.8 Å². The zero-order valence-electron chi connectivity index (χ0n) is 12.5. The van der Waals surface area contributed by atoms with Gasteiger partial charge in [-0.2, -0.15) is 0 Å². The van der Waals surface area contributed by atoms with Crippen molar-refractivity contribution in [1.29, 1.82) is 0 Å². The van der Waals surface area contributed by atoms with Crippen LogP contribution < -0.4 is 10.6 Å². The summed E-state index contributed by atoms with van der Waals surface area (Å²) in [5.74, 6) is 0.220. The number of rotatable bonds is 6. The molecule has 3 rings (SSSR count). The summed E-state index contributed by atoms with van der Waals surface area (Å²) in [5, 5.41) is 5.95. The van der Waals surface area contributed by atoms with Gasteiger partial charge in [0.1, 0.15) is 0 Å². The lowest BCUT2D eigenvalue weighted by molar-refractivity contribution is -0.140. The molecular weight excluding hydrogens is 252 g/mol. The summed E-state index contributed by atoms with van der Waals surface area (Å²) in [4.78, 5) is 24.8. The molecule has 1 fully saturated rings. The van der Waals surface area contributed by atoms with E-state index in [2.05, 4.69) is 22.8 Å². The lowest BCUT2D eigenvalue weighted by atomic mass is 9.61. The van der Waals surface area contributed by atoms with Crippen molar-refractivity contribution in [2.24, 2.45) is 23.7 Å². The summed E-state index contributed by atoms with van der Waals surface area (Å²) in [6.07, 6.45) is 8.21. The normalized spacial score (nSPS) is 31.1. The number of hydrogen-bond acceptors (Lipinski definition) is 2. The Labute approximate surface area is 121 Å². The molecule has 0 unspecified atom stereocenters. The quantitative estimate of drug-likeness (QED) is 0.729. The Morgan fingerprint density at radius 3 is 1.60 bits per heavy atom. The lowest BCUT2D eigenvalue weighted by Gasteiger charge is -2.43. The van der Waals surface area contributed by atoms with E-state index in [1.807, 2.05) is 13.8 Å². The molecule has 3 aliphatic carbocycles. The van der Waals surface area contributed by atoms with Gasteiger partial charge >= 0.3 is 0 Å². The minimum Gasteiger partial charge on any atom is -0.356 e. The first-order valence-corrected chi connectivity index (χ1v) is 7.92. The Morgan fingerprint density at radius 1 is 0.900 bits per heavy atom. The van der Waals surface area contributed by atoms with Crippen molar-refractivity contribution in [3.63, 3.8) is 0 Å². The van der Waals surface area contributed by atoms with Crippen molar-refractivity contribution in [3.05, 3.63) is 12.2 Å². The fourth-order valence-corrected chi connectivity index (χ4v) is 3.44. The molecular formula is C16H26N2O2. The average molecular weight is 278 g/mol. The van der Waals surface area contributed by atoms with Gasteiger partial charge in [0.2, 0.25) is 11.8 Å². The van der Waals surface area contributed by atoms with Gasteiger partial charge in [0, 0.05) is 13.1 Å². The molecule has 2 amide bonds. The van der Waals surface area contributed by atoms with E-state index in [1.165, 1.54) is 0 Å². The maximum atomic E-state index is 12.4. The van der Waals surface area contributed by atoms with Gasteiger partial charge < -0.3 is 10.6 Å². The fraction of sp³-hybridized carbons (Fsp3) is 0.750. The third kappa shape index (κ3) is 3.05. The standard InChI is InChI=1S/C16H26N2O2/c1-3-9-17-15(19)13-11-5-7-12(8-6-11)14(13)16(20)18-10-4-2/h5,7,11-14H,3-4,6,8-10H2,1-2H3,(H,17,19)(H,18,20)/t11-,12+,13-,14+. The van der Waals surface area contributed by atoms with Gasteiger partial charge in [-0.1, -0.05) is 26.0 Å². The van der Waals surface area contributed by atoms with Crippen molar-refractivity contribution in [3.8, 4) is 0 Å². The van der Waals surface area contributed by atoms with E-state index in [1.54, 1.807) is 0 Å². The van der Waals surface area contributed by atoms with Crippen LogP contribution in [0.2, 0.25) is 0 Å². The zero-order chi connectivity index (χ0) is 14.5. The van der Waals surface area contributed by atoms with Gasteiger partial charge in [0.25, 0.3) is 0 Å². The third-order valence-corrected chi connectivity index (χ3v) is 4.45. The summed E-state index contributed by atoms with van der Waals surface area (Å²) in [6, 6.07) is 0. The molecule has 112 valence electrons. The molecule has 2 bridgehead atoms. The van der Waals surface area contributed by atoms with E-state index in [0.29, 0.717) is 13.1 Å². The second-order valence-corrected chi connectivity index (χ2v) is 5.92. The second kappa shape index (κ2) is 6.91. The number of hydrogen-bond donors (Lipinski definition) is 2. The van der Waals surface area contributed by atoms with Crippen LogP contribution in [0.25, 0.3) is 0 Å². The summed E-state index contributed by atoms with van der Waals surface area (Å²) in [6.45, 7) is 5.47. The third-order valence-electron chi connectivity index (χ3n) is 4.45. The number of amides is 2. The first kappa shape index (κ1) is 15.1. The highest BCUT2D eigenvalue weighted by Gasteiger charge is 2.47. The largest absolute Gasteiger partial charge is 0.356 e. The molecule has 1 saturated carbocycles. The highest BCUT2D eigenvalue weighted by molar-refractivity contribution is 5.89. The van der Waals surface area contributed by atoms with Crippen LogP contribution in [0, 0.1) is 23.7 Å². The lowest BCUT2D eigenvalue weighted by Crippen LogP contribution is -2.52. The Bertz CT molecular complexity index is 356. The highest BCUT2D eigenvalue weighted by atomic mass is 16.2. The van der Waals surface area contributed by atoms with Crippen LogP contribution in [0.5, 0.6) is 0 Å². The number of carbonyl (C=O) groups excluding carboxylic acids is 2. The second-order valence-electron chi connectivity index (χ2n) is 5.92. The van der Waals surface area contributed by atoms with Crippen LogP contribution in [0.15, 0.2) is 12.2 Å². The first-order chi connectivity index (χ1) is 9.69. The molecule has 3 aliphatic rings. The molecule has 4 atom stereocenters. The van der Waals surface area contributed by atoms with Gasteiger partial charge in [-0.3, -0.25) is 9.59 Å². The maximum absolute atomic E-state index is 12.4. The van der Waals surface area contributed by atoms with Crippen molar-refractivity contribution in [2.75, 3.05) is 13.1 Å². The van der Waals surface area contributed by atoms with Gasteiger partial charge in [-0.15, -0.1) is 0 Å². The Kier molecular flexibility index (Phi) is 5.21. The van der Waals surface area contributed by atoms with E-state index in [4.69, 9.17) is 0 Å². The Balaban J connectivity index is 2.11. The van der Waals surface area contributed by atoms with Crippen LogP contribution in [0.4, 0.5) is 0 Å². The molecule has 0 saturated heterocycles. The number of nitrogens with one attached hydrogen (secondary N) is 2. The van der Waals surface area contributed by atoms with Crippen LogP contribution in [-0.2, 0) is 9.59 Å². The minimum atomic E-state index is -0.179. The Hall–Kier alpha value is -1.32. The van der Waals surface area contributed by atoms with Crippen LogP contribution in [0.1, 0.15) is 39.5 Å². The summed E-state index contributed by atoms with van der Waals surface area (Å²) >= 11 is 0. The predicted molar refractivity (Wildman–Crippen MR) is 78.9 cm³/mol. The monoisotopic (exact) mass is 278 g/mol. The first-order valence-electron chi connectivity index (χ1n) is 7.92. The topological polar surface area (TPSA) is 58.2 Å². The van der Waals surface area contributed by atoms with E-state index < -0.39 is 0 Å². The Morgan fingerprint density at radius 2 is 1.30 bits per heavy atom.